The Morgan fingerprint density at radius 2 is 2.00 bits per heavy atom. The molecule has 4 nitrogen and oxygen atoms in total. The van der Waals surface area contributed by atoms with Gasteiger partial charge in [0.2, 0.25) is 0 Å². The number of hydrogen-bond acceptors (Lipinski definition) is 4. The zero-order valence-corrected chi connectivity index (χ0v) is 11.7. The predicted octanol–water partition coefficient (Wildman–Crippen LogP) is 2.36. The number of phenols is 2. The molecule has 4 N–H and O–H groups in total. The number of hydrogen-bond donors (Lipinski definition) is 3. The van der Waals surface area contributed by atoms with E-state index in [0.29, 0.717) is 6.04 Å². The first-order valence-electron chi connectivity index (χ1n) is 7.04. The minimum absolute atomic E-state index is 0.0587. The number of nitrogens with zero attached hydrogens (tertiary/aromatic N) is 1. The number of nitrogens with two attached hydrogens (primary N) is 1. The van der Waals surface area contributed by atoms with Crippen molar-refractivity contribution in [1.82, 2.24) is 4.90 Å². The summed E-state index contributed by atoms with van der Waals surface area (Å²) in [5.74, 6) is 0.424. The number of benzene rings is 1. The number of likely N-dealkylation sites (tertiary alicyclic amines) is 1. The maximum Gasteiger partial charge on any atom is 0.120 e. The summed E-state index contributed by atoms with van der Waals surface area (Å²) in [6, 6.07) is 5.21. The Morgan fingerprint density at radius 3 is 2.68 bits per heavy atom. The van der Waals surface area contributed by atoms with Crippen LogP contribution in [0.1, 0.15) is 44.7 Å². The fourth-order valence-electron chi connectivity index (χ4n) is 3.08. The second-order valence-corrected chi connectivity index (χ2v) is 5.58. The van der Waals surface area contributed by atoms with Gasteiger partial charge < -0.3 is 15.9 Å². The Morgan fingerprint density at radius 1 is 1.26 bits per heavy atom. The molecule has 3 atom stereocenters. The van der Waals surface area contributed by atoms with E-state index in [1.54, 1.807) is 12.1 Å². The number of phenolic OH excluding ortho intramolecular Hbond substituents is 2. The molecule has 1 fully saturated rings. The van der Waals surface area contributed by atoms with E-state index in [-0.39, 0.29) is 23.6 Å². The van der Waals surface area contributed by atoms with E-state index in [2.05, 4.69) is 11.8 Å². The fourth-order valence-corrected chi connectivity index (χ4v) is 3.08. The fraction of sp³-hybridized carbons (Fsp3) is 0.600. The third-order valence-corrected chi connectivity index (χ3v) is 4.16. The Balaban J connectivity index is 2.25. The number of piperidine rings is 1. The lowest BCUT2D eigenvalue weighted by atomic mass is 9.93. The zero-order valence-electron chi connectivity index (χ0n) is 11.7. The van der Waals surface area contributed by atoms with E-state index >= 15 is 0 Å². The van der Waals surface area contributed by atoms with Gasteiger partial charge in [-0.3, -0.25) is 4.90 Å². The largest absolute Gasteiger partial charge is 0.508 e. The molecule has 0 spiro atoms. The van der Waals surface area contributed by atoms with E-state index in [1.807, 2.05) is 6.92 Å². The molecule has 1 aliphatic heterocycles. The van der Waals surface area contributed by atoms with Gasteiger partial charge in [0.15, 0.2) is 0 Å². The van der Waals surface area contributed by atoms with Gasteiger partial charge in [0.25, 0.3) is 0 Å². The van der Waals surface area contributed by atoms with Crippen LogP contribution in [0.4, 0.5) is 0 Å². The first-order valence-corrected chi connectivity index (χ1v) is 7.04. The van der Waals surface area contributed by atoms with E-state index in [4.69, 9.17) is 5.73 Å². The summed E-state index contributed by atoms with van der Waals surface area (Å²) in [4.78, 5) is 2.35. The molecule has 0 bridgehead atoms. The molecule has 1 aromatic rings. The molecule has 19 heavy (non-hydrogen) atoms. The molecule has 0 amide bonds. The van der Waals surface area contributed by atoms with Crippen LogP contribution >= 0.6 is 0 Å². The van der Waals surface area contributed by atoms with Crippen molar-refractivity contribution in [1.29, 1.82) is 0 Å². The third kappa shape index (κ3) is 3.01. The van der Waals surface area contributed by atoms with Gasteiger partial charge in [-0.15, -0.1) is 0 Å². The van der Waals surface area contributed by atoms with Gasteiger partial charge in [-0.25, -0.2) is 0 Å². The van der Waals surface area contributed by atoms with E-state index in [1.165, 1.54) is 12.5 Å². The van der Waals surface area contributed by atoms with Crippen molar-refractivity contribution in [3.8, 4) is 11.5 Å². The molecule has 2 rings (SSSR count). The first-order chi connectivity index (χ1) is 9.00. The van der Waals surface area contributed by atoms with Gasteiger partial charge >= 0.3 is 0 Å². The second kappa shape index (κ2) is 5.80. The zero-order chi connectivity index (χ0) is 14.0. The van der Waals surface area contributed by atoms with Gasteiger partial charge in [0.1, 0.15) is 11.5 Å². The summed E-state index contributed by atoms with van der Waals surface area (Å²) in [6.07, 6.45) is 3.47. The summed E-state index contributed by atoms with van der Waals surface area (Å²) in [5, 5.41) is 19.6. The summed E-state index contributed by atoms with van der Waals surface area (Å²) < 4.78 is 0. The molecule has 0 saturated carbocycles. The van der Waals surface area contributed by atoms with Gasteiger partial charge in [-0.05, 0) is 51.4 Å². The third-order valence-electron chi connectivity index (χ3n) is 4.16. The SMILES string of the molecule is CC(N)C1CCCCN1C(C)c1cc(O)ccc1O. The molecule has 0 radical (unpaired) electrons. The molecule has 106 valence electrons. The van der Waals surface area contributed by atoms with Crippen LogP contribution in [0.3, 0.4) is 0 Å². The lowest BCUT2D eigenvalue weighted by molar-refractivity contribution is 0.0877. The monoisotopic (exact) mass is 264 g/mol. The molecule has 0 aromatic heterocycles. The topological polar surface area (TPSA) is 69.7 Å². The molecule has 1 heterocycles. The second-order valence-electron chi connectivity index (χ2n) is 5.58. The highest BCUT2D eigenvalue weighted by molar-refractivity contribution is 5.40. The average molecular weight is 264 g/mol. The minimum atomic E-state index is 0.0587. The Hall–Kier alpha value is -1.26. The van der Waals surface area contributed by atoms with Crippen LogP contribution in [-0.2, 0) is 0 Å². The molecule has 3 unspecified atom stereocenters. The van der Waals surface area contributed by atoms with E-state index in [0.717, 1.165) is 24.9 Å². The van der Waals surface area contributed by atoms with Gasteiger partial charge in [0.05, 0.1) is 0 Å². The van der Waals surface area contributed by atoms with E-state index in [9.17, 15) is 10.2 Å². The van der Waals surface area contributed by atoms with Crippen molar-refractivity contribution in [2.24, 2.45) is 5.73 Å². The van der Waals surface area contributed by atoms with Crippen LogP contribution in [0.5, 0.6) is 11.5 Å². The quantitative estimate of drug-likeness (QED) is 0.733. The predicted molar refractivity (Wildman–Crippen MR) is 76.2 cm³/mol. The van der Waals surface area contributed by atoms with E-state index < -0.39 is 0 Å². The normalized spacial score (nSPS) is 24.1. The summed E-state index contributed by atoms with van der Waals surface area (Å²) in [7, 11) is 0. The molecule has 1 aromatic carbocycles. The first kappa shape index (κ1) is 14.2. The smallest absolute Gasteiger partial charge is 0.120 e. The van der Waals surface area contributed by atoms with Crippen LogP contribution in [0, 0.1) is 0 Å². The van der Waals surface area contributed by atoms with Crippen LogP contribution < -0.4 is 5.73 Å². The molecule has 1 aliphatic rings. The molecular formula is C15H24N2O2. The highest BCUT2D eigenvalue weighted by Crippen LogP contribution is 2.35. The van der Waals surface area contributed by atoms with Gasteiger partial charge in [-0.1, -0.05) is 6.42 Å². The summed E-state index contributed by atoms with van der Waals surface area (Å²) in [5.41, 5.74) is 6.86. The van der Waals surface area contributed by atoms with Crippen LogP contribution in [0.2, 0.25) is 0 Å². The highest BCUT2D eigenvalue weighted by atomic mass is 16.3. The molecule has 1 saturated heterocycles. The molecule has 0 aliphatic carbocycles. The van der Waals surface area contributed by atoms with Crippen molar-refractivity contribution in [2.75, 3.05) is 6.54 Å². The lowest BCUT2D eigenvalue weighted by Crippen LogP contribution is -2.49. The van der Waals surface area contributed by atoms with Crippen molar-refractivity contribution in [3.63, 3.8) is 0 Å². The number of rotatable bonds is 3. The maximum absolute atomic E-state index is 9.99. The van der Waals surface area contributed by atoms with Crippen LogP contribution in [0.25, 0.3) is 0 Å². The molecule has 4 heteroatoms. The van der Waals surface area contributed by atoms with Crippen molar-refractivity contribution < 1.29 is 10.2 Å². The Kier molecular flexibility index (Phi) is 4.32. The van der Waals surface area contributed by atoms with Crippen molar-refractivity contribution in [2.45, 2.75) is 51.2 Å². The molecular weight excluding hydrogens is 240 g/mol. The lowest BCUT2D eigenvalue weighted by Gasteiger charge is -2.42. The van der Waals surface area contributed by atoms with Crippen molar-refractivity contribution >= 4 is 0 Å². The number of aromatic hydroxyl groups is 2. The Labute approximate surface area is 114 Å². The standard InChI is InChI=1S/C15H24N2O2/c1-10(16)14-5-3-4-8-17(14)11(2)13-9-12(18)6-7-15(13)19/h6-7,9-11,14,18-19H,3-5,8,16H2,1-2H3. The highest BCUT2D eigenvalue weighted by Gasteiger charge is 2.30. The maximum atomic E-state index is 9.99. The summed E-state index contributed by atoms with van der Waals surface area (Å²) >= 11 is 0. The van der Waals surface area contributed by atoms with Gasteiger partial charge in [-0.2, -0.15) is 0 Å². The van der Waals surface area contributed by atoms with Crippen LogP contribution in [0.15, 0.2) is 18.2 Å². The van der Waals surface area contributed by atoms with Gasteiger partial charge in [0, 0.05) is 23.7 Å². The average Bonchev–Trinajstić information content (AvgIpc) is 2.40. The van der Waals surface area contributed by atoms with Crippen molar-refractivity contribution in [3.05, 3.63) is 23.8 Å². The minimum Gasteiger partial charge on any atom is -0.508 e. The summed E-state index contributed by atoms with van der Waals surface area (Å²) in [6.45, 7) is 5.09. The Bertz CT molecular complexity index is 434. The van der Waals surface area contributed by atoms with Crippen LogP contribution in [-0.4, -0.2) is 33.7 Å².